The van der Waals surface area contributed by atoms with Crippen LogP contribution < -0.4 is 17.0 Å². The van der Waals surface area contributed by atoms with Crippen molar-refractivity contribution in [3.63, 3.8) is 0 Å². The van der Waals surface area contributed by atoms with Crippen molar-refractivity contribution in [2.45, 2.75) is 25.5 Å². The van der Waals surface area contributed by atoms with Gasteiger partial charge in [0.1, 0.15) is 5.82 Å². The fraction of sp³-hybridized carbons (Fsp3) is 0.615. The molecule has 1 fully saturated rings. The number of hydrazine groups is 1. The van der Waals surface area contributed by atoms with Crippen LogP contribution in [0.2, 0.25) is 0 Å². The minimum absolute atomic E-state index is 0.0798. The van der Waals surface area contributed by atoms with Crippen LogP contribution >= 0.6 is 0 Å². The maximum atomic E-state index is 5.83. The summed E-state index contributed by atoms with van der Waals surface area (Å²) < 4.78 is 5.83. The molecule has 1 aliphatic heterocycles. The van der Waals surface area contributed by atoms with Crippen LogP contribution in [0.1, 0.15) is 12.5 Å². The summed E-state index contributed by atoms with van der Waals surface area (Å²) in [6.45, 7) is 5.86. The molecule has 1 saturated heterocycles. The topological polar surface area (TPSA) is 89.4 Å². The van der Waals surface area contributed by atoms with Crippen LogP contribution in [0.15, 0.2) is 18.3 Å². The molecule has 1 aliphatic rings. The molecular weight excluding hydrogens is 242 g/mol. The van der Waals surface area contributed by atoms with Crippen molar-refractivity contribution >= 4 is 5.82 Å². The number of hydrogen-bond acceptors (Lipinski definition) is 6. The Balaban J connectivity index is 1.99. The highest BCUT2D eigenvalue weighted by Crippen LogP contribution is 2.13. The second kappa shape index (κ2) is 6.81. The number of aromatic nitrogens is 1. The predicted molar refractivity (Wildman–Crippen MR) is 75.3 cm³/mol. The average Bonchev–Trinajstić information content (AvgIpc) is 2.45. The van der Waals surface area contributed by atoms with Crippen molar-refractivity contribution in [3.8, 4) is 0 Å². The van der Waals surface area contributed by atoms with Gasteiger partial charge in [0.2, 0.25) is 0 Å². The van der Waals surface area contributed by atoms with Gasteiger partial charge in [0.25, 0.3) is 0 Å². The quantitative estimate of drug-likeness (QED) is 0.503. The lowest BCUT2D eigenvalue weighted by Crippen LogP contribution is -2.54. The normalized spacial score (nSPS) is 22.3. The molecule has 19 heavy (non-hydrogen) atoms. The van der Waals surface area contributed by atoms with E-state index in [1.807, 2.05) is 12.1 Å². The molecule has 0 aliphatic carbocycles. The molecule has 2 rings (SSSR count). The second-order valence-corrected chi connectivity index (χ2v) is 4.87. The molecule has 106 valence electrons. The van der Waals surface area contributed by atoms with E-state index in [1.54, 1.807) is 6.20 Å². The summed E-state index contributed by atoms with van der Waals surface area (Å²) in [4.78, 5) is 6.37. The maximum Gasteiger partial charge on any atom is 0.123 e. The molecule has 2 atom stereocenters. The number of nitrogens with two attached hydrogens (primary N) is 2. The summed E-state index contributed by atoms with van der Waals surface area (Å²) in [7, 11) is 0. The molecule has 0 radical (unpaired) electrons. The molecule has 1 aromatic heterocycles. The Bertz CT molecular complexity index is 400. The number of anilines is 1. The number of pyridine rings is 1. The minimum atomic E-state index is 0.0798. The maximum absolute atomic E-state index is 5.83. The first-order valence-corrected chi connectivity index (χ1v) is 6.73. The van der Waals surface area contributed by atoms with Gasteiger partial charge in [-0.25, -0.2) is 4.98 Å². The molecular formula is C13H23N5O. The van der Waals surface area contributed by atoms with E-state index >= 15 is 0 Å². The molecule has 0 saturated carbocycles. The van der Waals surface area contributed by atoms with Crippen LogP contribution in [0.25, 0.3) is 0 Å². The van der Waals surface area contributed by atoms with Gasteiger partial charge in [-0.2, -0.15) is 0 Å². The number of rotatable bonds is 5. The highest BCUT2D eigenvalue weighted by atomic mass is 16.5. The Morgan fingerprint density at radius 3 is 3.16 bits per heavy atom. The summed E-state index contributed by atoms with van der Waals surface area (Å²) in [5.41, 5.74) is 9.69. The van der Waals surface area contributed by atoms with Crippen molar-refractivity contribution in [1.29, 1.82) is 0 Å². The van der Waals surface area contributed by atoms with Crippen LogP contribution in [0.3, 0.4) is 0 Å². The number of morpholine rings is 1. The fourth-order valence-electron chi connectivity index (χ4n) is 2.44. The van der Waals surface area contributed by atoms with Crippen LogP contribution in [0.4, 0.5) is 5.82 Å². The second-order valence-electron chi connectivity index (χ2n) is 4.87. The van der Waals surface area contributed by atoms with Crippen LogP contribution in [-0.4, -0.2) is 48.3 Å². The fourth-order valence-corrected chi connectivity index (χ4v) is 2.44. The van der Waals surface area contributed by atoms with Gasteiger partial charge in [0.15, 0.2) is 0 Å². The Morgan fingerprint density at radius 1 is 1.63 bits per heavy atom. The molecule has 0 amide bonds. The largest absolute Gasteiger partial charge is 0.384 e. The Labute approximate surface area is 114 Å². The molecule has 0 spiro atoms. The Kier molecular flexibility index (Phi) is 5.09. The standard InChI is InChI=1S/C13H23N5O/c1-2-18-5-6-19-12(9-18)11(17-15)7-10-3-4-16-13(14)8-10/h3-4,8,11-12,17H,2,5-7,9,15H2,1H3,(H2,14,16). The Hall–Kier alpha value is -1.21. The third-order valence-electron chi connectivity index (χ3n) is 3.59. The monoisotopic (exact) mass is 265 g/mol. The lowest BCUT2D eigenvalue weighted by Gasteiger charge is -2.36. The van der Waals surface area contributed by atoms with Gasteiger partial charge < -0.3 is 10.5 Å². The first-order valence-electron chi connectivity index (χ1n) is 6.73. The van der Waals surface area contributed by atoms with Crippen LogP contribution in [0.5, 0.6) is 0 Å². The molecule has 6 nitrogen and oxygen atoms in total. The van der Waals surface area contributed by atoms with E-state index in [1.165, 1.54) is 0 Å². The first kappa shape index (κ1) is 14.2. The zero-order valence-electron chi connectivity index (χ0n) is 11.4. The molecule has 2 heterocycles. The summed E-state index contributed by atoms with van der Waals surface area (Å²) in [6.07, 6.45) is 2.61. The highest BCUT2D eigenvalue weighted by molar-refractivity contribution is 5.32. The third kappa shape index (κ3) is 3.87. The molecule has 1 aromatic rings. The SMILES string of the molecule is CCN1CCOC(C(Cc2ccnc(N)c2)NN)C1. The third-order valence-corrected chi connectivity index (χ3v) is 3.59. The average molecular weight is 265 g/mol. The van der Waals surface area contributed by atoms with Gasteiger partial charge in [-0.1, -0.05) is 6.92 Å². The van der Waals surface area contributed by atoms with E-state index in [4.69, 9.17) is 16.3 Å². The van der Waals surface area contributed by atoms with Gasteiger partial charge >= 0.3 is 0 Å². The highest BCUT2D eigenvalue weighted by Gasteiger charge is 2.27. The van der Waals surface area contributed by atoms with Crippen molar-refractivity contribution in [3.05, 3.63) is 23.9 Å². The zero-order valence-corrected chi connectivity index (χ0v) is 11.4. The summed E-state index contributed by atoms with van der Waals surface area (Å²) >= 11 is 0. The summed E-state index contributed by atoms with van der Waals surface area (Å²) in [6, 6.07) is 3.92. The lowest BCUT2D eigenvalue weighted by atomic mass is 10.0. The lowest BCUT2D eigenvalue weighted by molar-refractivity contribution is -0.0447. The molecule has 2 unspecified atom stereocenters. The van der Waals surface area contributed by atoms with E-state index in [-0.39, 0.29) is 12.1 Å². The number of hydrogen-bond donors (Lipinski definition) is 3. The van der Waals surface area contributed by atoms with Gasteiger partial charge in [-0.15, -0.1) is 0 Å². The van der Waals surface area contributed by atoms with Crippen LogP contribution in [-0.2, 0) is 11.2 Å². The Morgan fingerprint density at radius 2 is 2.47 bits per heavy atom. The van der Waals surface area contributed by atoms with E-state index in [0.717, 1.165) is 38.2 Å². The number of nitrogen functional groups attached to an aromatic ring is 1. The van der Waals surface area contributed by atoms with E-state index in [9.17, 15) is 0 Å². The van der Waals surface area contributed by atoms with Crippen molar-refractivity contribution in [1.82, 2.24) is 15.3 Å². The predicted octanol–water partition coefficient (Wildman–Crippen LogP) is -0.241. The van der Waals surface area contributed by atoms with E-state index < -0.39 is 0 Å². The van der Waals surface area contributed by atoms with Crippen molar-refractivity contribution in [2.24, 2.45) is 5.84 Å². The first-order chi connectivity index (χ1) is 9.22. The van der Waals surface area contributed by atoms with E-state index in [2.05, 4.69) is 22.2 Å². The van der Waals surface area contributed by atoms with Gasteiger partial charge in [0, 0.05) is 19.3 Å². The smallest absolute Gasteiger partial charge is 0.123 e. The molecule has 0 bridgehead atoms. The van der Waals surface area contributed by atoms with Crippen LogP contribution in [0, 0.1) is 0 Å². The van der Waals surface area contributed by atoms with Crippen molar-refractivity contribution in [2.75, 3.05) is 32.0 Å². The number of nitrogens with one attached hydrogen (secondary N) is 1. The number of nitrogens with zero attached hydrogens (tertiary/aromatic N) is 2. The van der Waals surface area contributed by atoms with Gasteiger partial charge in [-0.3, -0.25) is 16.2 Å². The van der Waals surface area contributed by atoms with Crippen molar-refractivity contribution < 1.29 is 4.74 Å². The molecule has 0 aromatic carbocycles. The molecule has 5 N–H and O–H groups in total. The zero-order chi connectivity index (χ0) is 13.7. The summed E-state index contributed by atoms with van der Waals surface area (Å²) in [5.74, 6) is 6.22. The number of likely N-dealkylation sites (N-methyl/N-ethyl adjacent to an activating group) is 1. The summed E-state index contributed by atoms with van der Waals surface area (Å²) in [5, 5.41) is 0. The van der Waals surface area contributed by atoms with Gasteiger partial charge in [0.05, 0.1) is 18.8 Å². The van der Waals surface area contributed by atoms with Gasteiger partial charge in [-0.05, 0) is 30.7 Å². The molecule has 6 heteroatoms. The minimum Gasteiger partial charge on any atom is -0.384 e. The van der Waals surface area contributed by atoms with E-state index in [0.29, 0.717) is 5.82 Å². The number of ether oxygens (including phenoxy) is 1.